The van der Waals surface area contributed by atoms with Gasteiger partial charge in [0.2, 0.25) is 0 Å². The molecule has 3 heteroatoms. The minimum absolute atomic E-state index is 0.383. The van der Waals surface area contributed by atoms with Crippen molar-refractivity contribution in [3.05, 3.63) is 36.5 Å². The van der Waals surface area contributed by atoms with Gasteiger partial charge in [0.25, 0.3) is 0 Å². The maximum atomic E-state index is 5.84. The van der Waals surface area contributed by atoms with Crippen LogP contribution in [-0.4, -0.2) is 24.7 Å². The minimum atomic E-state index is 0.383. The summed E-state index contributed by atoms with van der Waals surface area (Å²) in [6.45, 7) is 2.81. The van der Waals surface area contributed by atoms with Crippen LogP contribution in [0.3, 0.4) is 0 Å². The number of hydrogen-bond donors (Lipinski definition) is 1. The first-order valence-electron chi connectivity index (χ1n) is 5.99. The van der Waals surface area contributed by atoms with Crippen LogP contribution in [-0.2, 0) is 0 Å². The number of nitrogens with one attached hydrogen (secondary N) is 1. The highest BCUT2D eigenvalue weighted by Crippen LogP contribution is 2.22. The Morgan fingerprint density at radius 3 is 2.88 bits per heavy atom. The molecule has 3 nitrogen and oxygen atoms in total. The summed E-state index contributed by atoms with van der Waals surface area (Å²) < 4.78 is 5.84. The van der Waals surface area contributed by atoms with Gasteiger partial charge >= 0.3 is 0 Å². The van der Waals surface area contributed by atoms with Crippen LogP contribution in [0, 0.1) is 0 Å². The molecule has 2 rings (SSSR count). The van der Waals surface area contributed by atoms with Crippen molar-refractivity contribution in [1.29, 1.82) is 0 Å². The van der Waals surface area contributed by atoms with E-state index in [0.717, 1.165) is 23.1 Å². The van der Waals surface area contributed by atoms with Crippen molar-refractivity contribution >= 4 is 10.9 Å². The summed E-state index contributed by atoms with van der Waals surface area (Å²) >= 11 is 0. The average Bonchev–Trinajstić information content (AvgIpc) is 2.40. The summed E-state index contributed by atoms with van der Waals surface area (Å²) in [4.78, 5) is 4.37. The zero-order valence-electron chi connectivity index (χ0n) is 10.3. The van der Waals surface area contributed by atoms with E-state index < -0.39 is 0 Å². The minimum Gasteiger partial charge on any atom is -0.490 e. The first-order chi connectivity index (χ1) is 8.35. The number of fused-ring (bicyclic) bond motifs is 1. The summed E-state index contributed by atoms with van der Waals surface area (Å²) in [6, 6.07) is 10.4. The number of benzene rings is 1. The highest BCUT2D eigenvalue weighted by molar-refractivity contribution is 5.84. The highest BCUT2D eigenvalue weighted by atomic mass is 16.5. The van der Waals surface area contributed by atoms with Crippen LogP contribution in [0.25, 0.3) is 10.9 Å². The van der Waals surface area contributed by atoms with E-state index in [4.69, 9.17) is 4.74 Å². The van der Waals surface area contributed by atoms with Crippen molar-refractivity contribution in [2.24, 2.45) is 0 Å². The second kappa shape index (κ2) is 5.64. The second-order valence-electron chi connectivity index (χ2n) is 4.04. The average molecular weight is 230 g/mol. The molecular weight excluding hydrogens is 212 g/mol. The molecule has 0 saturated heterocycles. The van der Waals surface area contributed by atoms with Gasteiger partial charge in [-0.25, -0.2) is 0 Å². The van der Waals surface area contributed by atoms with Crippen molar-refractivity contribution in [3.8, 4) is 5.75 Å². The van der Waals surface area contributed by atoms with Crippen LogP contribution in [0.5, 0.6) is 5.75 Å². The lowest BCUT2D eigenvalue weighted by molar-refractivity contribution is 0.269. The predicted molar refractivity (Wildman–Crippen MR) is 70.4 cm³/mol. The zero-order valence-corrected chi connectivity index (χ0v) is 10.3. The largest absolute Gasteiger partial charge is 0.490 e. The number of aromatic nitrogens is 1. The topological polar surface area (TPSA) is 34.1 Å². The third-order valence-electron chi connectivity index (χ3n) is 2.94. The van der Waals surface area contributed by atoms with Gasteiger partial charge in [-0.05, 0) is 25.6 Å². The molecule has 1 atom stereocenters. The zero-order chi connectivity index (χ0) is 12.1. The van der Waals surface area contributed by atoms with E-state index in [1.54, 1.807) is 6.20 Å². The normalized spacial score (nSPS) is 12.6. The lowest BCUT2D eigenvalue weighted by Gasteiger charge is -2.15. The molecular formula is C14H18N2O. The van der Waals surface area contributed by atoms with Crippen LogP contribution in [0.1, 0.15) is 13.3 Å². The van der Waals surface area contributed by atoms with Gasteiger partial charge in [-0.1, -0.05) is 25.1 Å². The lowest BCUT2D eigenvalue weighted by atomic mass is 10.2. The van der Waals surface area contributed by atoms with E-state index in [9.17, 15) is 0 Å². The van der Waals surface area contributed by atoms with E-state index in [1.807, 2.05) is 37.4 Å². The Morgan fingerprint density at radius 2 is 2.12 bits per heavy atom. The number of rotatable bonds is 5. The molecule has 1 aromatic carbocycles. The standard InChI is InChI=1S/C14H18N2O/c1-3-12(15-2)10-17-13-8-4-6-11-7-5-9-16-14(11)13/h4-9,12,15H,3,10H2,1-2H3. The molecule has 1 N–H and O–H groups in total. The predicted octanol–water partition coefficient (Wildman–Crippen LogP) is 2.61. The SMILES string of the molecule is CCC(COc1cccc2cccnc12)NC. The van der Waals surface area contributed by atoms with E-state index in [2.05, 4.69) is 17.2 Å². The second-order valence-corrected chi connectivity index (χ2v) is 4.04. The molecule has 0 bridgehead atoms. The van der Waals surface area contributed by atoms with Gasteiger partial charge in [0.05, 0.1) is 0 Å². The van der Waals surface area contributed by atoms with E-state index in [-0.39, 0.29) is 0 Å². The van der Waals surface area contributed by atoms with Crippen molar-refractivity contribution in [3.63, 3.8) is 0 Å². The van der Waals surface area contributed by atoms with Crippen molar-refractivity contribution < 1.29 is 4.74 Å². The molecule has 0 amide bonds. The molecule has 1 heterocycles. The lowest BCUT2D eigenvalue weighted by Crippen LogP contribution is -2.30. The van der Waals surface area contributed by atoms with Gasteiger partial charge < -0.3 is 10.1 Å². The third kappa shape index (κ3) is 2.74. The molecule has 2 aromatic rings. The quantitative estimate of drug-likeness (QED) is 0.857. The number of para-hydroxylation sites is 1. The summed E-state index contributed by atoms with van der Waals surface area (Å²) in [5.74, 6) is 0.858. The van der Waals surface area contributed by atoms with Crippen LogP contribution in [0.2, 0.25) is 0 Å². The monoisotopic (exact) mass is 230 g/mol. The summed E-state index contributed by atoms with van der Waals surface area (Å²) in [7, 11) is 1.96. The summed E-state index contributed by atoms with van der Waals surface area (Å²) in [5.41, 5.74) is 0.931. The molecule has 0 aliphatic rings. The first-order valence-corrected chi connectivity index (χ1v) is 5.99. The Bertz CT molecular complexity index is 475. The maximum absolute atomic E-state index is 5.84. The van der Waals surface area contributed by atoms with E-state index in [0.29, 0.717) is 12.6 Å². The van der Waals surface area contributed by atoms with Gasteiger partial charge in [0, 0.05) is 17.6 Å². The maximum Gasteiger partial charge on any atom is 0.145 e. The van der Waals surface area contributed by atoms with Gasteiger partial charge in [-0.2, -0.15) is 0 Å². The Morgan fingerprint density at radius 1 is 1.29 bits per heavy atom. The van der Waals surface area contributed by atoms with Gasteiger partial charge in [-0.15, -0.1) is 0 Å². The number of nitrogens with zero attached hydrogens (tertiary/aromatic N) is 1. The Labute approximate surface area is 102 Å². The molecule has 0 saturated carbocycles. The molecule has 1 unspecified atom stereocenters. The Hall–Kier alpha value is -1.61. The van der Waals surface area contributed by atoms with E-state index in [1.165, 1.54) is 0 Å². The number of ether oxygens (including phenoxy) is 1. The molecule has 0 spiro atoms. The van der Waals surface area contributed by atoms with Crippen LogP contribution >= 0.6 is 0 Å². The van der Waals surface area contributed by atoms with Crippen LogP contribution in [0.4, 0.5) is 0 Å². The third-order valence-corrected chi connectivity index (χ3v) is 2.94. The Kier molecular flexibility index (Phi) is 3.94. The molecule has 0 fully saturated rings. The molecule has 90 valence electrons. The molecule has 1 aromatic heterocycles. The summed E-state index contributed by atoms with van der Waals surface area (Å²) in [6.07, 6.45) is 2.85. The smallest absolute Gasteiger partial charge is 0.145 e. The van der Waals surface area contributed by atoms with Crippen LogP contribution < -0.4 is 10.1 Å². The fourth-order valence-corrected chi connectivity index (χ4v) is 1.79. The number of likely N-dealkylation sites (N-methyl/N-ethyl adjacent to an activating group) is 1. The van der Waals surface area contributed by atoms with Crippen LogP contribution in [0.15, 0.2) is 36.5 Å². The van der Waals surface area contributed by atoms with Crippen molar-refractivity contribution in [2.45, 2.75) is 19.4 Å². The first kappa shape index (κ1) is 11.9. The summed E-state index contributed by atoms with van der Waals surface area (Å²) in [5, 5.41) is 4.34. The molecule has 0 aliphatic heterocycles. The number of hydrogen-bond acceptors (Lipinski definition) is 3. The molecule has 0 aliphatic carbocycles. The molecule has 17 heavy (non-hydrogen) atoms. The highest BCUT2D eigenvalue weighted by Gasteiger charge is 2.06. The van der Waals surface area contributed by atoms with Gasteiger partial charge in [0.1, 0.15) is 17.9 Å². The van der Waals surface area contributed by atoms with E-state index >= 15 is 0 Å². The number of pyridine rings is 1. The van der Waals surface area contributed by atoms with Gasteiger partial charge in [0.15, 0.2) is 0 Å². The fraction of sp³-hybridized carbons (Fsp3) is 0.357. The van der Waals surface area contributed by atoms with Gasteiger partial charge in [-0.3, -0.25) is 4.98 Å². The molecule has 0 radical (unpaired) electrons. The van der Waals surface area contributed by atoms with Crippen molar-refractivity contribution in [1.82, 2.24) is 10.3 Å². The van der Waals surface area contributed by atoms with Crippen molar-refractivity contribution in [2.75, 3.05) is 13.7 Å². The Balaban J connectivity index is 2.18. The fourth-order valence-electron chi connectivity index (χ4n) is 1.79.